The van der Waals surface area contributed by atoms with E-state index in [0.717, 1.165) is 16.9 Å². The van der Waals surface area contributed by atoms with Crippen LogP contribution in [0.25, 0.3) is 0 Å². The molecule has 0 saturated heterocycles. The molecule has 0 unspecified atom stereocenters. The molecule has 3 nitrogen and oxygen atoms in total. The molecule has 0 aliphatic carbocycles. The van der Waals surface area contributed by atoms with Gasteiger partial charge in [-0.25, -0.2) is 0 Å². The first kappa shape index (κ1) is 13.3. The molecule has 1 aliphatic rings. The highest BCUT2D eigenvalue weighted by molar-refractivity contribution is 5.85. The molecule has 0 bridgehead atoms. The van der Waals surface area contributed by atoms with Gasteiger partial charge in [-0.1, -0.05) is 11.6 Å². The first-order chi connectivity index (χ1) is 6.80. The van der Waals surface area contributed by atoms with Crippen molar-refractivity contribution >= 4 is 12.4 Å². The van der Waals surface area contributed by atoms with Gasteiger partial charge in [0.05, 0.1) is 5.66 Å². The van der Waals surface area contributed by atoms with Crippen LogP contribution in [-0.2, 0) is 5.66 Å². The summed E-state index contributed by atoms with van der Waals surface area (Å²) in [7, 11) is 0. The molecule has 1 heterocycles. The van der Waals surface area contributed by atoms with Gasteiger partial charge in [0.1, 0.15) is 11.4 Å². The quantitative estimate of drug-likeness (QED) is 0.685. The summed E-state index contributed by atoms with van der Waals surface area (Å²) in [6.07, 6.45) is 0.621. The minimum Gasteiger partial charge on any atom is -0.487 e. The lowest BCUT2D eigenvalue weighted by Crippen LogP contribution is -2.55. The Morgan fingerprint density at radius 1 is 1.25 bits per heavy atom. The summed E-state index contributed by atoms with van der Waals surface area (Å²) in [5.74, 6) is 0.807. The van der Waals surface area contributed by atoms with E-state index >= 15 is 0 Å². The third-order valence-corrected chi connectivity index (χ3v) is 2.74. The third kappa shape index (κ3) is 2.32. The predicted octanol–water partition coefficient (Wildman–Crippen LogP) is 2.05. The van der Waals surface area contributed by atoms with Gasteiger partial charge in [0.25, 0.3) is 0 Å². The minimum absolute atomic E-state index is 0. The maximum Gasteiger partial charge on any atom is 0.126 e. The zero-order chi connectivity index (χ0) is 11.3. The fourth-order valence-corrected chi connectivity index (χ4v) is 2.23. The van der Waals surface area contributed by atoms with Crippen molar-refractivity contribution in [2.75, 3.05) is 0 Å². The Bertz CT molecular complexity index is 402. The Kier molecular flexibility index (Phi) is 3.25. The molecule has 1 aliphatic heterocycles. The molecule has 0 saturated carbocycles. The Labute approximate surface area is 103 Å². The van der Waals surface area contributed by atoms with E-state index in [9.17, 15) is 0 Å². The summed E-state index contributed by atoms with van der Waals surface area (Å²) in [5, 5.41) is 0. The van der Waals surface area contributed by atoms with Gasteiger partial charge >= 0.3 is 0 Å². The fourth-order valence-electron chi connectivity index (χ4n) is 2.23. The van der Waals surface area contributed by atoms with E-state index in [2.05, 4.69) is 0 Å². The summed E-state index contributed by atoms with van der Waals surface area (Å²) < 4.78 is 5.85. The van der Waals surface area contributed by atoms with Crippen LogP contribution in [0.3, 0.4) is 0 Å². The topological polar surface area (TPSA) is 61.3 Å². The van der Waals surface area contributed by atoms with Gasteiger partial charge in [-0.05, 0) is 32.9 Å². The number of nitrogens with two attached hydrogens (primary N) is 2. The van der Waals surface area contributed by atoms with Crippen LogP contribution in [0.5, 0.6) is 5.75 Å². The molecule has 0 spiro atoms. The highest BCUT2D eigenvalue weighted by atomic mass is 35.5. The van der Waals surface area contributed by atoms with Gasteiger partial charge in [-0.3, -0.25) is 0 Å². The number of aryl methyl sites for hydroxylation is 1. The monoisotopic (exact) mass is 242 g/mol. The number of halogens is 1. The Morgan fingerprint density at radius 2 is 1.88 bits per heavy atom. The summed E-state index contributed by atoms with van der Waals surface area (Å²) in [4.78, 5) is 0. The highest BCUT2D eigenvalue weighted by Gasteiger charge is 2.39. The van der Waals surface area contributed by atoms with Gasteiger partial charge in [-0.2, -0.15) is 0 Å². The van der Waals surface area contributed by atoms with Gasteiger partial charge < -0.3 is 16.2 Å². The van der Waals surface area contributed by atoms with Crippen molar-refractivity contribution < 1.29 is 4.74 Å². The first-order valence-corrected chi connectivity index (χ1v) is 5.18. The van der Waals surface area contributed by atoms with Crippen molar-refractivity contribution in [3.63, 3.8) is 0 Å². The summed E-state index contributed by atoms with van der Waals surface area (Å²) >= 11 is 0. The van der Waals surface area contributed by atoms with Crippen molar-refractivity contribution in [1.82, 2.24) is 0 Å². The number of hydrogen-bond acceptors (Lipinski definition) is 3. The van der Waals surface area contributed by atoms with Crippen LogP contribution in [-0.4, -0.2) is 5.60 Å². The van der Waals surface area contributed by atoms with Crippen LogP contribution in [0.2, 0.25) is 0 Å². The van der Waals surface area contributed by atoms with Crippen LogP contribution in [0.15, 0.2) is 18.2 Å². The molecule has 1 aromatic rings. The second-order valence-electron chi connectivity index (χ2n) is 5.08. The molecule has 0 aromatic heterocycles. The molecule has 1 aromatic carbocycles. The minimum atomic E-state index is -0.789. The van der Waals surface area contributed by atoms with Crippen molar-refractivity contribution in [2.24, 2.45) is 11.5 Å². The maximum absolute atomic E-state index is 6.13. The van der Waals surface area contributed by atoms with Crippen molar-refractivity contribution in [1.29, 1.82) is 0 Å². The maximum atomic E-state index is 6.13. The van der Waals surface area contributed by atoms with Crippen LogP contribution in [0.1, 0.15) is 31.4 Å². The lowest BCUT2D eigenvalue weighted by molar-refractivity contribution is 0.0469. The van der Waals surface area contributed by atoms with Crippen LogP contribution in [0.4, 0.5) is 0 Å². The first-order valence-electron chi connectivity index (χ1n) is 5.18. The van der Waals surface area contributed by atoms with E-state index in [1.165, 1.54) is 0 Å². The Balaban J connectivity index is 0.00000128. The average Bonchev–Trinajstić information content (AvgIpc) is 2.03. The van der Waals surface area contributed by atoms with E-state index in [-0.39, 0.29) is 18.0 Å². The van der Waals surface area contributed by atoms with E-state index < -0.39 is 5.66 Å². The molecule has 90 valence electrons. The van der Waals surface area contributed by atoms with Crippen LogP contribution < -0.4 is 16.2 Å². The number of benzene rings is 1. The molecule has 4 heteroatoms. The van der Waals surface area contributed by atoms with E-state index in [0.29, 0.717) is 6.42 Å². The largest absolute Gasteiger partial charge is 0.487 e. The lowest BCUT2D eigenvalue weighted by atomic mass is 9.85. The molecule has 0 atom stereocenters. The fraction of sp³-hybridized carbons (Fsp3) is 0.500. The number of rotatable bonds is 0. The second-order valence-corrected chi connectivity index (χ2v) is 5.08. The van der Waals surface area contributed by atoms with Crippen LogP contribution >= 0.6 is 12.4 Å². The summed E-state index contributed by atoms with van der Waals surface area (Å²) in [6, 6.07) is 5.96. The van der Waals surface area contributed by atoms with Crippen molar-refractivity contribution in [3.05, 3.63) is 29.3 Å². The molecule has 0 fully saturated rings. The Hall–Kier alpha value is -0.770. The molecular weight excluding hydrogens is 224 g/mol. The zero-order valence-electron chi connectivity index (χ0n) is 9.91. The molecule has 0 amide bonds. The number of fused-ring (bicyclic) bond motifs is 1. The summed E-state index contributed by atoms with van der Waals surface area (Å²) in [6.45, 7) is 6.03. The smallest absolute Gasteiger partial charge is 0.126 e. The molecule has 16 heavy (non-hydrogen) atoms. The van der Waals surface area contributed by atoms with E-state index in [1.807, 2.05) is 39.0 Å². The highest BCUT2D eigenvalue weighted by Crippen LogP contribution is 2.39. The van der Waals surface area contributed by atoms with E-state index in [4.69, 9.17) is 16.2 Å². The second kappa shape index (κ2) is 3.91. The number of ether oxygens (including phenoxy) is 1. The average molecular weight is 243 g/mol. The van der Waals surface area contributed by atoms with Gasteiger partial charge in [0.2, 0.25) is 0 Å². The van der Waals surface area contributed by atoms with Crippen LogP contribution in [0, 0.1) is 6.92 Å². The van der Waals surface area contributed by atoms with Gasteiger partial charge in [0.15, 0.2) is 0 Å². The predicted molar refractivity (Wildman–Crippen MR) is 67.8 cm³/mol. The third-order valence-electron chi connectivity index (χ3n) is 2.74. The van der Waals surface area contributed by atoms with Crippen molar-refractivity contribution in [3.8, 4) is 5.75 Å². The summed E-state index contributed by atoms with van der Waals surface area (Å²) in [5.41, 5.74) is 13.2. The SMILES string of the molecule is Cc1ccc2c(c1)C(N)(N)CC(C)(C)O2.Cl. The standard InChI is InChI=1S/C12H18N2O.ClH/c1-8-4-5-10-9(6-8)12(13,14)7-11(2,3)15-10;/h4-6H,7,13-14H2,1-3H3;1H. The molecular formula is C12H19ClN2O. The van der Waals surface area contributed by atoms with Crippen molar-refractivity contribution in [2.45, 2.75) is 38.5 Å². The van der Waals surface area contributed by atoms with E-state index in [1.54, 1.807) is 0 Å². The molecule has 4 N–H and O–H groups in total. The normalized spacial score (nSPS) is 20.3. The van der Waals surface area contributed by atoms with Gasteiger partial charge in [-0.15, -0.1) is 12.4 Å². The van der Waals surface area contributed by atoms with Gasteiger partial charge in [0, 0.05) is 12.0 Å². The lowest BCUT2D eigenvalue weighted by Gasteiger charge is -2.41. The Morgan fingerprint density at radius 3 is 2.50 bits per heavy atom. The molecule has 2 rings (SSSR count). The molecule has 0 radical (unpaired) electrons. The number of hydrogen-bond donors (Lipinski definition) is 2. The zero-order valence-corrected chi connectivity index (χ0v) is 10.7.